The van der Waals surface area contributed by atoms with Gasteiger partial charge in [-0.2, -0.15) is 0 Å². The Morgan fingerprint density at radius 3 is 2.47 bits per heavy atom. The van der Waals surface area contributed by atoms with Crippen molar-refractivity contribution in [2.24, 2.45) is 5.92 Å². The first-order valence-electron chi connectivity index (χ1n) is 7.35. The standard InChI is InChI=1S/C15H23N2.C2H6/c1-5-7-9-15-14(8-6-2)10-16-12-17(15)11-13(3)4;1-2/h6-10,12-13H,5,11H2,1-4H3;1-2H3/q+1;/b8-6-,9-7-;. The van der Waals surface area contributed by atoms with Gasteiger partial charge in [-0.15, -0.1) is 0 Å². The van der Waals surface area contributed by atoms with Gasteiger partial charge in [-0.3, -0.25) is 0 Å². The molecule has 0 aliphatic carbocycles. The second-order valence-corrected chi connectivity index (χ2v) is 4.59. The molecule has 0 aliphatic heterocycles. The van der Waals surface area contributed by atoms with E-state index in [2.05, 4.69) is 54.6 Å². The van der Waals surface area contributed by atoms with Crippen LogP contribution in [0.5, 0.6) is 0 Å². The predicted octanol–water partition coefficient (Wildman–Crippen LogP) is 4.51. The minimum atomic E-state index is 0.622. The third-order valence-electron chi connectivity index (χ3n) is 2.44. The van der Waals surface area contributed by atoms with E-state index in [0.29, 0.717) is 5.92 Å². The van der Waals surface area contributed by atoms with Crippen LogP contribution in [0.4, 0.5) is 0 Å². The molecule has 0 atom stereocenters. The summed E-state index contributed by atoms with van der Waals surface area (Å²) in [6.07, 6.45) is 13.4. The Morgan fingerprint density at radius 2 is 1.95 bits per heavy atom. The van der Waals surface area contributed by atoms with Gasteiger partial charge in [0.2, 0.25) is 0 Å². The van der Waals surface area contributed by atoms with E-state index in [0.717, 1.165) is 13.0 Å². The van der Waals surface area contributed by atoms with Crippen molar-refractivity contribution in [3.8, 4) is 0 Å². The number of rotatable bonds is 5. The summed E-state index contributed by atoms with van der Waals surface area (Å²) in [5, 5.41) is 0. The zero-order valence-corrected chi connectivity index (χ0v) is 13.4. The van der Waals surface area contributed by atoms with Crippen LogP contribution in [0.25, 0.3) is 12.2 Å². The van der Waals surface area contributed by atoms with Gasteiger partial charge in [0.05, 0.1) is 12.1 Å². The summed E-state index contributed by atoms with van der Waals surface area (Å²) in [4.78, 5) is 4.30. The van der Waals surface area contributed by atoms with Crippen molar-refractivity contribution in [1.29, 1.82) is 0 Å². The van der Waals surface area contributed by atoms with Gasteiger partial charge in [-0.05, 0) is 25.3 Å². The fraction of sp³-hybridized carbons (Fsp3) is 0.529. The fourth-order valence-electron chi connectivity index (χ4n) is 1.76. The van der Waals surface area contributed by atoms with Crippen molar-refractivity contribution >= 4 is 12.2 Å². The lowest BCUT2D eigenvalue weighted by Gasteiger charge is -2.07. The van der Waals surface area contributed by atoms with Crippen LogP contribution in [0, 0.1) is 5.92 Å². The lowest BCUT2D eigenvalue weighted by molar-refractivity contribution is -0.706. The third-order valence-corrected chi connectivity index (χ3v) is 2.44. The van der Waals surface area contributed by atoms with Crippen LogP contribution in [0.2, 0.25) is 0 Å². The molecule has 0 spiro atoms. The van der Waals surface area contributed by atoms with Crippen LogP contribution >= 0.6 is 0 Å². The second-order valence-electron chi connectivity index (χ2n) is 4.59. The summed E-state index contributed by atoms with van der Waals surface area (Å²) in [5.74, 6) is 0.622. The molecule has 19 heavy (non-hydrogen) atoms. The Morgan fingerprint density at radius 1 is 1.26 bits per heavy atom. The molecular weight excluding hydrogens is 232 g/mol. The Kier molecular flexibility index (Phi) is 9.69. The maximum atomic E-state index is 4.30. The largest absolute Gasteiger partial charge is 0.286 e. The molecule has 0 fully saturated rings. The van der Waals surface area contributed by atoms with Crippen molar-refractivity contribution in [3.05, 3.63) is 35.9 Å². The average molecular weight is 261 g/mol. The Bertz CT molecular complexity index is 404. The number of nitrogens with zero attached hydrogens (tertiary/aromatic N) is 2. The van der Waals surface area contributed by atoms with E-state index >= 15 is 0 Å². The van der Waals surface area contributed by atoms with Crippen LogP contribution < -0.4 is 4.57 Å². The van der Waals surface area contributed by atoms with E-state index in [1.54, 1.807) is 0 Å². The molecule has 1 aromatic rings. The third kappa shape index (κ3) is 6.32. The average Bonchev–Trinajstić information content (AvgIpc) is 2.40. The molecule has 0 radical (unpaired) electrons. The van der Waals surface area contributed by atoms with E-state index < -0.39 is 0 Å². The molecule has 2 heteroatoms. The molecule has 0 bridgehead atoms. The van der Waals surface area contributed by atoms with Crippen molar-refractivity contribution in [2.75, 3.05) is 0 Å². The summed E-state index contributed by atoms with van der Waals surface area (Å²) in [6, 6.07) is 0. The number of hydrogen-bond donors (Lipinski definition) is 0. The van der Waals surface area contributed by atoms with Gasteiger partial charge in [0, 0.05) is 0 Å². The van der Waals surface area contributed by atoms with Gasteiger partial charge >= 0.3 is 0 Å². The first-order valence-corrected chi connectivity index (χ1v) is 7.35. The molecule has 1 aromatic heterocycles. The molecule has 0 unspecified atom stereocenters. The van der Waals surface area contributed by atoms with Crippen molar-refractivity contribution < 1.29 is 4.57 Å². The van der Waals surface area contributed by atoms with E-state index in [4.69, 9.17) is 0 Å². The molecular formula is C17H29N2+. The molecule has 0 saturated heterocycles. The Balaban J connectivity index is 0.00000154. The summed E-state index contributed by atoms with van der Waals surface area (Å²) in [7, 11) is 0. The summed E-state index contributed by atoms with van der Waals surface area (Å²) in [6.45, 7) is 13.6. The van der Waals surface area contributed by atoms with E-state index in [1.807, 2.05) is 33.3 Å². The minimum Gasteiger partial charge on any atom is -0.230 e. The summed E-state index contributed by atoms with van der Waals surface area (Å²) in [5.41, 5.74) is 2.43. The lowest BCUT2D eigenvalue weighted by atomic mass is 10.1. The highest BCUT2D eigenvalue weighted by atomic mass is 15.0. The normalized spacial score (nSPS) is 11.1. The molecule has 0 N–H and O–H groups in total. The highest BCUT2D eigenvalue weighted by Crippen LogP contribution is 2.08. The van der Waals surface area contributed by atoms with Crippen LogP contribution in [0.3, 0.4) is 0 Å². The zero-order valence-electron chi connectivity index (χ0n) is 13.4. The minimum absolute atomic E-state index is 0.622. The first kappa shape index (κ1) is 17.6. The number of hydrogen-bond acceptors (Lipinski definition) is 1. The quantitative estimate of drug-likeness (QED) is 0.713. The molecule has 1 heterocycles. The second kappa shape index (κ2) is 10.5. The summed E-state index contributed by atoms with van der Waals surface area (Å²) < 4.78 is 2.23. The van der Waals surface area contributed by atoms with Gasteiger partial charge in [0.25, 0.3) is 6.33 Å². The van der Waals surface area contributed by atoms with Gasteiger partial charge < -0.3 is 0 Å². The molecule has 1 rings (SSSR count). The number of allylic oxidation sites excluding steroid dienone is 2. The van der Waals surface area contributed by atoms with E-state index in [1.165, 1.54) is 11.3 Å². The van der Waals surface area contributed by atoms with E-state index in [9.17, 15) is 0 Å². The lowest BCUT2D eigenvalue weighted by Crippen LogP contribution is -2.40. The van der Waals surface area contributed by atoms with Gasteiger partial charge in [0.1, 0.15) is 5.69 Å². The van der Waals surface area contributed by atoms with Gasteiger partial charge in [0.15, 0.2) is 6.20 Å². The van der Waals surface area contributed by atoms with Crippen LogP contribution in [0.15, 0.2) is 24.7 Å². The van der Waals surface area contributed by atoms with Crippen LogP contribution in [-0.2, 0) is 6.54 Å². The molecule has 0 aromatic carbocycles. The predicted molar refractivity (Wildman–Crippen MR) is 84.7 cm³/mol. The van der Waals surface area contributed by atoms with Crippen LogP contribution in [-0.4, -0.2) is 4.98 Å². The van der Waals surface area contributed by atoms with Crippen molar-refractivity contribution in [2.45, 2.75) is 54.5 Å². The van der Waals surface area contributed by atoms with Crippen molar-refractivity contribution in [1.82, 2.24) is 4.98 Å². The molecule has 0 saturated carbocycles. The maximum Gasteiger partial charge on any atom is 0.286 e. The fourth-order valence-corrected chi connectivity index (χ4v) is 1.76. The first-order chi connectivity index (χ1) is 9.19. The van der Waals surface area contributed by atoms with Gasteiger partial charge in [-0.25, -0.2) is 4.57 Å². The highest BCUT2D eigenvalue weighted by Gasteiger charge is 2.11. The maximum absolute atomic E-state index is 4.30. The Hall–Kier alpha value is -1.44. The smallest absolute Gasteiger partial charge is 0.230 e. The van der Waals surface area contributed by atoms with Crippen molar-refractivity contribution in [3.63, 3.8) is 0 Å². The molecule has 2 nitrogen and oxygen atoms in total. The van der Waals surface area contributed by atoms with Gasteiger partial charge in [-0.1, -0.05) is 57.8 Å². The SMILES string of the molecule is C/C=C\c1cnc[n+](CC(C)C)c1/C=C\CC.CC. The highest BCUT2D eigenvalue weighted by molar-refractivity contribution is 5.59. The summed E-state index contributed by atoms with van der Waals surface area (Å²) >= 11 is 0. The Labute approximate surface area is 118 Å². The molecule has 0 amide bonds. The zero-order chi connectivity index (χ0) is 14.7. The van der Waals surface area contributed by atoms with E-state index in [-0.39, 0.29) is 0 Å². The topological polar surface area (TPSA) is 16.8 Å². The molecule has 0 aliphatic rings. The monoisotopic (exact) mass is 261 g/mol. The van der Waals surface area contributed by atoms with Crippen LogP contribution in [0.1, 0.15) is 59.2 Å². The molecule has 106 valence electrons. The number of aromatic nitrogens is 2.